The van der Waals surface area contributed by atoms with E-state index >= 15 is 0 Å². The van der Waals surface area contributed by atoms with Crippen LogP contribution in [0.2, 0.25) is 0 Å². The van der Waals surface area contributed by atoms with Gasteiger partial charge in [0.25, 0.3) is 0 Å². The number of carboxylic acid groups (broad SMARTS) is 1. The molecule has 6 nitrogen and oxygen atoms in total. The van der Waals surface area contributed by atoms with E-state index in [1.165, 1.54) is 24.4 Å². The summed E-state index contributed by atoms with van der Waals surface area (Å²) in [4.78, 5) is 17.9. The first-order valence-corrected chi connectivity index (χ1v) is 10.3. The molecule has 12 heteroatoms. The number of aromatic nitrogens is 2. The third-order valence-corrected chi connectivity index (χ3v) is 5.15. The number of nitrogens with zero attached hydrogens (tertiary/aromatic N) is 1. The van der Waals surface area contributed by atoms with Gasteiger partial charge in [0.2, 0.25) is 0 Å². The highest BCUT2D eigenvalue weighted by Gasteiger charge is 2.34. The fraction of sp³-hybridized carbons (Fsp3) is 0.167. The van der Waals surface area contributed by atoms with Crippen molar-refractivity contribution in [2.45, 2.75) is 25.6 Å². The van der Waals surface area contributed by atoms with Crippen LogP contribution in [0.3, 0.4) is 0 Å². The SMILES string of the molecule is O=C(O)Cc1c[nH]c2cc(OCc3cnc(-c4ccc(OC(F)(F)F)cc4)cc3C(F)(F)F)ccc12. The molecule has 0 aliphatic heterocycles. The second-order valence-electron chi connectivity index (χ2n) is 7.68. The Labute approximate surface area is 199 Å². The van der Waals surface area contributed by atoms with Crippen molar-refractivity contribution in [2.75, 3.05) is 0 Å². The van der Waals surface area contributed by atoms with E-state index < -0.39 is 36.4 Å². The predicted octanol–water partition coefficient (Wildman–Crippen LogP) is 6.35. The molecule has 0 aliphatic rings. The maximum absolute atomic E-state index is 13.8. The molecule has 0 bridgehead atoms. The third kappa shape index (κ3) is 5.88. The second kappa shape index (κ2) is 9.44. The van der Waals surface area contributed by atoms with E-state index in [9.17, 15) is 31.1 Å². The van der Waals surface area contributed by atoms with Crippen LogP contribution in [-0.2, 0) is 24.0 Å². The Morgan fingerprint density at radius 3 is 2.28 bits per heavy atom. The largest absolute Gasteiger partial charge is 0.573 e. The van der Waals surface area contributed by atoms with Gasteiger partial charge < -0.3 is 19.6 Å². The summed E-state index contributed by atoms with van der Waals surface area (Å²) in [7, 11) is 0. The average Bonchev–Trinajstić information content (AvgIpc) is 3.18. The van der Waals surface area contributed by atoms with Gasteiger partial charge in [0.05, 0.1) is 17.7 Å². The molecule has 188 valence electrons. The quantitative estimate of drug-likeness (QED) is 0.283. The van der Waals surface area contributed by atoms with Crippen LogP contribution in [0.25, 0.3) is 22.2 Å². The minimum atomic E-state index is -4.89. The number of H-pyrrole nitrogens is 1. The molecule has 0 unspecified atom stereocenters. The number of halogens is 6. The molecule has 2 aromatic heterocycles. The number of nitrogens with one attached hydrogen (secondary N) is 1. The van der Waals surface area contributed by atoms with Gasteiger partial charge in [-0.3, -0.25) is 9.78 Å². The van der Waals surface area contributed by atoms with E-state index in [0.717, 1.165) is 24.4 Å². The molecule has 0 spiro atoms. The lowest BCUT2D eigenvalue weighted by Gasteiger charge is -2.15. The summed E-state index contributed by atoms with van der Waals surface area (Å²) in [6.45, 7) is -0.464. The highest BCUT2D eigenvalue weighted by Crippen LogP contribution is 2.35. The standard InChI is InChI=1S/C24H16F6N2O4/c25-23(26,27)19-9-20(13-1-3-16(4-2-13)36-24(28,29)30)31-11-15(19)12-35-17-5-6-18-14(7-22(33)34)10-32-21(18)8-17/h1-6,8-11,32H,7,12H2,(H,33,34). The van der Waals surface area contributed by atoms with Gasteiger partial charge in [-0.1, -0.05) is 0 Å². The molecule has 2 aromatic carbocycles. The summed E-state index contributed by atoms with van der Waals surface area (Å²) in [6, 6.07) is 9.76. The van der Waals surface area contributed by atoms with Crippen molar-refractivity contribution in [3.63, 3.8) is 0 Å². The molecule has 0 atom stereocenters. The number of pyridine rings is 1. The average molecular weight is 510 g/mol. The van der Waals surface area contributed by atoms with Crippen LogP contribution in [0.5, 0.6) is 11.5 Å². The Morgan fingerprint density at radius 1 is 0.944 bits per heavy atom. The second-order valence-corrected chi connectivity index (χ2v) is 7.68. The van der Waals surface area contributed by atoms with Crippen LogP contribution in [0.1, 0.15) is 16.7 Å². The van der Waals surface area contributed by atoms with Crippen molar-refractivity contribution in [2.24, 2.45) is 0 Å². The summed E-state index contributed by atoms with van der Waals surface area (Å²) >= 11 is 0. The molecule has 4 aromatic rings. The van der Waals surface area contributed by atoms with E-state index in [-0.39, 0.29) is 29.0 Å². The first-order chi connectivity index (χ1) is 16.9. The molecule has 0 radical (unpaired) electrons. The van der Waals surface area contributed by atoms with Gasteiger partial charge in [0, 0.05) is 40.5 Å². The van der Waals surface area contributed by atoms with Crippen LogP contribution >= 0.6 is 0 Å². The smallest absolute Gasteiger partial charge is 0.489 e. The number of benzene rings is 2. The van der Waals surface area contributed by atoms with Crippen molar-refractivity contribution < 1.29 is 45.7 Å². The molecule has 0 saturated heterocycles. The van der Waals surface area contributed by atoms with Crippen molar-refractivity contribution in [1.82, 2.24) is 9.97 Å². The molecule has 0 fully saturated rings. The monoisotopic (exact) mass is 510 g/mol. The van der Waals surface area contributed by atoms with Gasteiger partial charge >= 0.3 is 18.5 Å². The van der Waals surface area contributed by atoms with Crippen molar-refractivity contribution in [1.29, 1.82) is 0 Å². The number of rotatable bonds is 7. The Kier molecular flexibility index (Phi) is 6.53. The minimum absolute atomic E-state index is 0.0941. The number of ether oxygens (including phenoxy) is 2. The molecular formula is C24H16F6N2O4. The number of alkyl halides is 6. The Hall–Kier alpha value is -4.22. The number of aliphatic carboxylic acids is 1. The number of hydrogen-bond acceptors (Lipinski definition) is 4. The van der Waals surface area contributed by atoms with E-state index in [1.54, 1.807) is 12.1 Å². The van der Waals surface area contributed by atoms with Crippen LogP contribution in [-0.4, -0.2) is 27.4 Å². The maximum atomic E-state index is 13.8. The summed E-state index contributed by atoms with van der Waals surface area (Å²) < 4.78 is 87.5. The Bertz CT molecular complexity index is 1390. The lowest BCUT2D eigenvalue weighted by Crippen LogP contribution is -2.17. The van der Waals surface area contributed by atoms with Crippen molar-refractivity contribution in [3.8, 4) is 22.8 Å². The van der Waals surface area contributed by atoms with Gasteiger partial charge in [-0.25, -0.2) is 0 Å². The molecule has 0 aliphatic carbocycles. The highest BCUT2D eigenvalue weighted by atomic mass is 19.4. The lowest BCUT2D eigenvalue weighted by molar-refractivity contribution is -0.274. The molecule has 36 heavy (non-hydrogen) atoms. The summed E-state index contributed by atoms with van der Waals surface area (Å²) in [5.74, 6) is -1.26. The molecule has 0 saturated carbocycles. The number of aromatic amines is 1. The van der Waals surface area contributed by atoms with Crippen LogP contribution < -0.4 is 9.47 Å². The Balaban J connectivity index is 1.55. The normalized spacial score (nSPS) is 12.1. The fourth-order valence-electron chi connectivity index (χ4n) is 3.57. The van der Waals surface area contributed by atoms with E-state index in [0.29, 0.717) is 16.5 Å². The number of hydrogen-bond donors (Lipinski definition) is 2. The fourth-order valence-corrected chi connectivity index (χ4v) is 3.57. The summed E-state index contributed by atoms with van der Waals surface area (Å²) in [5.41, 5.74) is -0.0677. The molecule has 4 rings (SSSR count). The Morgan fingerprint density at radius 2 is 1.64 bits per heavy atom. The van der Waals surface area contributed by atoms with E-state index in [2.05, 4.69) is 14.7 Å². The zero-order valence-electron chi connectivity index (χ0n) is 18.1. The van der Waals surface area contributed by atoms with E-state index in [1.807, 2.05) is 0 Å². The number of carboxylic acids is 1. The minimum Gasteiger partial charge on any atom is -0.489 e. The van der Waals surface area contributed by atoms with Gasteiger partial charge in [0.15, 0.2) is 0 Å². The van der Waals surface area contributed by atoms with Gasteiger partial charge in [-0.05, 0) is 48.0 Å². The van der Waals surface area contributed by atoms with Gasteiger partial charge in [-0.15, -0.1) is 13.2 Å². The molecule has 0 amide bonds. The molecular weight excluding hydrogens is 494 g/mol. The van der Waals surface area contributed by atoms with E-state index in [4.69, 9.17) is 9.84 Å². The first-order valence-electron chi connectivity index (χ1n) is 10.3. The lowest BCUT2D eigenvalue weighted by atomic mass is 10.0. The van der Waals surface area contributed by atoms with Crippen LogP contribution in [0.4, 0.5) is 26.3 Å². The third-order valence-electron chi connectivity index (χ3n) is 5.15. The maximum Gasteiger partial charge on any atom is 0.573 e. The first kappa shape index (κ1) is 24.9. The van der Waals surface area contributed by atoms with Crippen LogP contribution in [0.15, 0.2) is 60.9 Å². The van der Waals surface area contributed by atoms with Crippen molar-refractivity contribution in [3.05, 3.63) is 77.6 Å². The zero-order chi connectivity index (χ0) is 26.1. The number of carbonyl (C=O) groups is 1. The number of fused-ring (bicyclic) bond motifs is 1. The van der Waals surface area contributed by atoms with Gasteiger partial charge in [-0.2, -0.15) is 13.2 Å². The zero-order valence-corrected chi connectivity index (χ0v) is 18.1. The van der Waals surface area contributed by atoms with Gasteiger partial charge in [0.1, 0.15) is 18.1 Å². The molecule has 2 heterocycles. The van der Waals surface area contributed by atoms with Crippen LogP contribution in [0, 0.1) is 0 Å². The highest BCUT2D eigenvalue weighted by molar-refractivity contribution is 5.87. The summed E-state index contributed by atoms with van der Waals surface area (Å²) in [5, 5.41) is 9.61. The molecule has 2 N–H and O–H groups in total. The summed E-state index contributed by atoms with van der Waals surface area (Å²) in [6.07, 6.45) is -7.29. The predicted molar refractivity (Wildman–Crippen MR) is 115 cm³/mol. The van der Waals surface area contributed by atoms with Crippen molar-refractivity contribution >= 4 is 16.9 Å². The topological polar surface area (TPSA) is 84.4 Å².